The highest BCUT2D eigenvalue weighted by Crippen LogP contribution is 2.34. The van der Waals surface area contributed by atoms with Gasteiger partial charge in [0, 0.05) is 11.8 Å². The fraction of sp³-hybridized carbons (Fsp3) is 0.333. The molecule has 0 saturated heterocycles. The van der Waals surface area contributed by atoms with Gasteiger partial charge in [-0.25, -0.2) is 0 Å². The summed E-state index contributed by atoms with van der Waals surface area (Å²) in [4.78, 5) is 4.75. The number of aliphatic imine (C=N–C) groups is 1. The second kappa shape index (κ2) is 8.21. The van der Waals surface area contributed by atoms with E-state index < -0.39 is 0 Å². The topological polar surface area (TPSA) is 85.3 Å². The summed E-state index contributed by atoms with van der Waals surface area (Å²) in [6, 6.07) is 7.66. The van der Waals surface area contributed by atoms with Crippen molar-refractivity contribution in [1.29, 1.82) is 0 Å². The number of hydrogen-bond donors (Lipinski definition) is 1. The largest absolute Gasteiger partial charge is 0.494 e. The quantitative estimate of drug-likeness (QED) is 0.712. The molecule has 0 spiro atoms. The molecule has 1 aromatic carbocycles. The standard InChI is InChI=1S/C21H23N5O2/c1-21-12-3-2-5-19(21)22-16(11-13-21)15-28-18-9-7-17(8-10-18)27-14-4-6-20-23-25-26-24-20/h2-3,5,7-12H,4,6,13-15H2,1H3,(H,23,24,25,26). The minimum absolute atomic E-state index is 0.0149. The molecule has 0 bridgehead atoms. The first kappa shape index (κ1) is 18.2. The van der Waals surface area contributed by atoms with Crippen molar-refractivity contribution in [1.82, 2.24) is 20.6 Å². The molecule has 1 aromatic heterocycles. The van der Waals surface area contributed by atoms with Gasteiger partial charge in [0.15, 0.2) is 5.82 Å². The van der Waals surface area contributed by atoms with Gasteiger partial charge in [0.1, 0.15) is 18.1 Å². The molecule has 28 heavy (non-hydrogen) atoms. The predicted octanol–water partition coefficient (Wildman–Crippen LogP) is 3.45. The number of aromatic nitrogens is 4. The van der Waals surface area contributed by atoms with Crippen LogP contribution in [0.15, 0.2) is 65.3 Å². The lowest BCUT2D eigenvalue weighted by Crippen LogP contribution is -2.28. The van der Waals surface area contributed by atoms with Crippen molar-refractivity contribution in [2.75, 3.05) is 13.2 Å². The summed E-state index contributed by atoms with van der Waals surface area (Å²) in [6.45, 7) is 3.27. The first-order valence-corrected chi connectivity index (χ1v) is 9.43. The molecule has 1 atom stereocenters. The normalized spacial score (nSPS) is 20.3. The summed E-state index contributed by atoms with van der Waals surface area (Å²) < 4.78 is 11.6. The van der Waals surface area contributed by atoms with Gasteiger partial charge in [-0.2, -0.15) is 5.21 Å². The smallest absolute Gasteiger partial charge is 0.174 e. The fourth-order valence-corrected chi connectivity index (χ4v) is 3.15. The van der Waals surface area contributed by atoms with Gasteiger partial charge in [0.25, 0.3) is 0 Å². The Morgan fingerprint density at radius 1 is 1.11 bits per heavy atom. The lowest BCUT2D eigenvalue weighted by atomic mass is 9.77. The van der Waals surface area contributed by atoms with Crippen molar-refractivity contribution in [2.24, 2.45) is 10.4 Å². The SMILES string of the molecule is CC12C=CC=CC1=NC(COc1ccc(OCCCc3nn[nH]n3)cc1)=CC2. The molecule has 1 unspecified atom stereocenters. The molecular formula is C21H23N5O2. The maximum absolute atomic E-state index is 5.89. The van der Waals surface area contributed by atoms with Gasteiger partial charge in [-0.05, 0) is 43.2 Å². The number of aryl methyl sites for hydroxylation is 1. The van der Waals surface area contributed by atoms with E-state index in [0.29, 0.717) is 19.0 Å². The number of allylic oxidation sites excluding steroid dienone is 5. The fourth-order valence-electron chi connectivity index (χ4n) is 3.15. The van der Waals surface area contributed by atoms with Crippen LogP contribution in [-0.2, 0) is 6.42 Å². The summed E-state index contributed by atoms with van der Waals surface area (Å²) in [7, 11) is 0. The Kier molecular flexibility index (Phi) is 5.32. The van der Waals surface area contributed by atoms with Crippen LogP contribution in [0.25, 0.3) is 0 Å². The number of tetrazole rings is 1. The van der Waals surface area contributed by atoms with Gasteiger partial charge in [-0.1, -0.05) is 36.4 Å². The van der Waals surface area contributed by atoms with Crippen LogP contribution in [0, 0.1) is 5.41 Å². The Morgan fingerprint density at radius 3 is 2.71 bits per heavy atom. The van der Waals surface area contributed by atoms with E-state index in [1.165, 1.54) is 0 Å². The average Bonchev–Trinajstić information content (AvgIpc) is 3.24. The van der Waals surface area contributed by atoms with E-state index in [9.17, 15) is 0 Å². The van der Waals surface area contributed by atoms with Crippen LogP contribution in [0.5, 0.6) is 11.5 Å². The number of ether oxygens (including phenoxy) is 2. The van der Waals surface area contributed by atoms with Crippen LogP contribution in [0.2, 0.25) is 0 Å². The minimum Gasteiger partial charge on any atom is -0.494 e. The number of rotatable bonds is 8. The molecule has 1 N–H and O–H groups in total. The molecule has 1 aliphatic carbocycles. The zero-order valence-electron chi connectivity index (χ0n) is 15.8. The van der Waals surface area contributed by atoms with E-state index in [0.717, 1.165) is 42.2 Å². The van der Waals surface area contributed by atoms with E-state index in [1.807, 2.05) is 30.3 Å². The predicted molar refractivity (Wildman–Crippen MR) is 106 cm³/mol. The number of aromatic amines is 1. The molecule has 2 aliphatic rings. The van der Waals surface area contributed by atoms with Gasteiger partial charge in [-0.15, -0.1) is 10.2 Å². The highest BCUT2D eigenvalue weighted by Gasteiger charge is 2.29. The van der Waals surface area contributed by atoms with E-state index in [4.69, 9.17) is 14.5 Å². The van der Waals surface area contributed by atoms with Crippen LogP contribution in [-0.4, -0.2) is 39.5 Å². The van der Waals surface area contributed by atoms with Crippen molar-refractivity contribution in [3.8, 4) is 11.5 Å². The summed E-state index contributed by atoms with van der Waals surface area (Å²) in [5, 5.41) is 13.8. The monoisotopic (exact) mass is 377 g/mol. The number of benzene rings is 1. The van der Waals surface area contributed by atoms with E-state index >= 15 is 0 Å². The number of nitrogens with zero attached hydrogens (tertiary/aromatic N) is 4. The van der Waals surface area contributed by atoms with Gasteiger partial charge in [0.05, 0.1) is 18.0 Å². The van der Waals surface area contributed by atoms with Crippen molar-refractivity contribution in [3.05, 3.63) is 66.2 Å². The molecular weight excluding hydrogens is 354 g/mol. The zero-order chi connectivity index (χ0) is 19.2. The highest BCUT2D eigenvalue weighted by molar-refractivity contribution is 6.03. The number of fused-ring (bicyclic) bond motifs is 1. The van der Waals surface area contributed by atoms with Gasteiger partial charge in [0.2, 0.25) is 0 Å². The lowest BCUT2D eigenvalue weighted by Gasteiger charge is -2.30. The Hall–Kier alpha value is -3.22. The molecule has 4 rings (SSSR count). The van der Waals surface area contributed by atoms with Gasteiger partial charge >= 0.3 is 0 Å². The molecule has 7 nitrogen and oxygen atoms in total. The highest BCUT2D eigenvalue weighted by atomic mass is 16.5. The van der Waals surface area contributed by atoms with Crippen LogP contribution >= 0.6 is 0 Å². The maximum Gasteiger partial charge on any atom is 0.174 e. The lowest BCUT2D eigenvalue weighted by molar-refractivity contribution is 0.308. The number of hydrogen-bond acceptors (Lipinski definition) is 6. The number of nitrogens with one attached hydrogen (secondary N) is 1. The number of H-pyrrole nitrogens is 1. The van der Waals surface area contributed by atoms with Crippen LogP contribution in [0.4, 0.5) is 0 Å². The van der Waals surface area contributed by atoms with E-state index in [2.05, 4.69) is 51.9 Å². The second-order valence-corrected chi connectivity index (χ2v) is 7.07. The molecule has 1 aliphatic heterocycles. The summed E-state index contributed by atoms with van der Waals surface area (Å²) >= 11 is 0. The van der Waals surface area contributed by atoms with E-state index in [-0.39, 0.29) is 5.41 Å². The zero-order valence-corrected chi connectivity index (χ0v) is 15.8. The van der Waals surface area contributed by atoms with Gasteiger partial charge < -0.3 is 9.47 Å². The first-order valence-electron chi connectivity index (χ1n) is 9.43. The average molecular weight is 377 g/mol. The molecule has 7 heteroatoms. The summed E-state index contributed by atoms with van der Waals surface area (Å²) in [5.74, 6) is 2.31. The molecule has 0 fully saturated rings. The Bertz CT molecular complexity index is 913. The van der Waals surface area contributed by atoms with Crippen LogP contribution in [0.1, 0.15) is 25.6 Å². The molecule has 0 radical (unpaired) electrons. The van der Waals surface area contributed by atoms with Crippen LogP contribution < -0.4 is 9.47 Å². The molecule has 144 valence electrons. The molecule has 0 saturated carbocycles. The Labute approximate surface area is 163 Å². The third-order valence-corrected chi connectivity index (χ3v) is 4.85. The molecule has 2 aromatic rings. The van der Waals surface area contributed by atoms with Crippen molar-refractivity contribution < 1.29 is 9.47 Å². The Balaban J connectivity index is 1.23. The van der Waals surface area contributed by atoms with Gasteiger partial charge in [-0.3, -0.25) is 4.99 Å². The van der Waals surface area contributed by atoms with Crippen molar-refractivity contribution in [3.63, 3.8) is 0 Å². The Morgan fingerprint density at radius 2 is 1.93 bits per heavy atom. The third-order valence-electron chi connectivity index (χ3n) is 4.85. The third kappa shape index (κ3) is 4.36. The second-order valence-electron chi connectivity index (χ2n) is 7.07. The van der Waals surface area contributed by atoms with E-state index in [1.54, 1.807) is 0 Å². The summed E-state index contributed by atoms with van der Waals surface area (Å²) in [5.41, 5.74) is 2.08. The first-order chi connectivity index (χ1) is 13.7. The maximum atomic E-state index is 5.89. The molecule has 0 amide bonds. The summed E-state index contributed by atoms with van der Waals surface area (Å²) in [6.07, 6.45) is 13.1. The molecule has 2 heterocycles. The van der Waals surface area contributed by atoms with Crippen molar-refractivity contribution >= 4 is 5.71 Å². The van der Waals surface area contributed by atoms with Crippen LogP contribution in [0.3, 0.4) is 0 Å². The minimum atomic E-state index is 0.0149. The van der Waals surface area contributed by atoms with Crippen molar-refractivity contribution in [2.45, 2.75) is 26.2 Å².